The Labute approximate surface area is 109 Å². The lowest BCUT2D eigenvalue weighted by Gasteiger charge is -2.41. The summed E-state index contributed by atoms with van der Waals surface area (Å²) in [5.74, 6) is -1.33. The lowest BCUT2D eigenvalue weighted by atomic mass is 9.77. The Balaban J connectivity index is 2.30. The van der Waals surface area contributed by atoms with Crippen LogP contribution in [0.1, 0.15) is 29.6 Å². The summed E-state index contributed by atoms with van der Waals surface area (Å²) in [6, 6.07) is 3.87. The van der Waals surface area contributed by atoms with Crippen molar-refractivity contribution >= 4 is 17.3 Å². The average molecular weight is 266 g/mol. The fourth-order valence-electron chi connectivity index (χ4n) is 2.17. The van der Waals surface area contributed by atoms with Crippen LogP contribution < -0.4 is 5.32 Å². The molecule has 19 heavy (non-hydrogen) atoms. The minimum atomic E-state index is -1.33. The van der Waals surface area contributed by atoms with Crippen LogP contribution in [0.3, 0.4) is 0 Å². The quantitative estimate of drug-likeness (QED) is 0.551. The van der Waals surface area contributed by atoms with Crippen LogP contribution in [0.15, 0.2) is 18.2 Å². The van der Waals surface area contributed by atoms with E-state index in [1.807, 2.05) is 0 Å². The van der Waals surface area contributed by atoms with Crippen molar-refractivity contribution < 1.29 is 19.9 Å². The van der Waals surface area contributed by atoms with Gasteiger partial charge >= 0.3 is 5.97 Å². The van der Waals surface area contributed by atoms with Crippen molar-refractivity contribution in [3.8, 4) is 0 Å². The Hall–Kier alpha value is -2.15. The smallest absolute Gasteiger partial charge is 0.342 e. The molecule has 7 heteroatoms. The molecule has 2 rings (SSSR count). The van der Waals surface area contributed by atoms with E-state index in [1.165, 1.54) is 18.2 Å². The number of nitrogens with zero attached hydrogens (tertiary/aromatic N) is 1. The van der Waals surface area contributed by atoms with Crippen LogP contribution in [0.2, 0.25) is 0 Å². The second-order valence-corrected chi connectivity index (χ2v) is 4.71. The van der Waals surface area contributed by atoms with Crippen molar-refractivity contribution in [1.82, 2.24) is 0 Å². The van der Waals surface area contributed by atoms with Crippen molar-refractivity contribution in [3.63, 3.8) is 0 Å². The number of carboxylic acid groups (broad SMARTS) is 1. The van der Waals surface area contributed by atoms with Gasteiger partial charge in [0, 0.05) is 11.8 Å². The molecule has 7 nitrogen and oxygen atoms in total. The van der Waals surface area contributed by atoms with Crippen LogP contribution in [-0.2, 0) is 0 Å². The summed E-state index contributed by atoms with van der Waals surface area (Å²) in [5, 5.41) is 32.1. The molecule has 0 bridgehead atoms. The van der Waals surface area contributed by atoms with E-state index >= 15 is 0 Å². The lowest BCUT2D eigenvalue weighted by Crippen LogP contribution is -2.48. The van der Waals surface area contributed by atoms with Gasteiger partial charge in [-0.25, -0.2) is 4.79 Å². The molecule has 0 heterocycles. The first kappa shape index (κ1) is 13.3. The number of hydrogen-bond acceptors (Lipinski definition) is 5. The Kier molecular flexibility index (Phi) is 3.39. The van der Waals surface area contributed by atoms with Crippen molar-refractivity contribution in [1.29, 1.82) is 0 Å². The first-order valence-electron chi connectivity index (χ1n) is 5.88. The molecule has 1 aromatic carbocycles. The summed E-state index contributed by atoms with van der Waals surface area (Å²) in [5.41, 5.74) is -0.781. The predicted octanol–water partition coefficient (Wildman–Crippen LogP) is 1.62. The fourth-order valence-corrected chi connectivity index (χ4v) is 2.17. The van der Waals surface area contributed by atoms with E-state index < -0.39 is 22.1 Å². The Morgan fingerprint density at radius 2 is 2.16 bits per heavy atom. The normalized spacial score (nSPS) is 16.5. The number of carboxylic acids is 1. The Bertz CT molecular complexity index is 519. The molecule has 0 radical (unpaired) electrons. The van der Waals surface area contributed by atoms with Crippen LogP contribution in [0.4, 0.5) is 11.4 Å². The Morgan fingerprint density at radius 1 is 1.47 bits per heavy atom. The highest BCUT2D eigenvalue weighted by Crippen LogP contribution is 2.36. The number of carbonyl (C=O) groups is 1. The first-order chi connectivity index (χ1) is 8.97. The maximum Gasteiger partial charge on any atom is 0.342 e. The first-order valence-corrected chi connectivity index (χ1v) is 5.88. The van der Waals surface area contributed by atoms with Gasteiger partial charge in [0.05, 0.1) is 17.1 Å². The number of nitro groups is 1. The lowest BCUT2D eigenvalue weighted by molar-refractivity contribution is -0.385. The average Bonchev–Trinajstić information content (AvgIpc) is 2.33. The number of aromatic carboxylic acids is 1. The second kappa shape index (κ2) is 4.85. The van der Waals surface area contributed by atoms with E-state index in [4.69, 9.17) is 5.11 Å². The summed E-state index contributed by atoms with van der Waals surface area (Å²) in [7, 11) is 0. The maximum absolute atomic E-state index is 10.9. The van der Waals surface area contributed by atoms with E-state index in [2.05, 4.69) is 5.32 Å². The molecular formula is C12H14N2O5. The van der Waals surface area contributed by atoms with E-state index in [0.717, 1.165) is 19.3 Å². The monoisotopic (exact) mass is 266 g/mol. The molecule has 0 saturated heterocycles. The summed E-state index contributed by atoms with van der Waals surface area (Å²) >= 11 is 0. The van der Waals surface area contributed by atoms with Crippen molar-refractivity contribution in [2.75, 3.05) is 11.9 Å². The third-order valence-electron chi connectivity index (χ3n) is 3.45. The molecule has 0 unspecified atom stereocenters. The fraction of sp³-hybridized carbons (Fsp3) is 0.417. The van der Waals surface area contributed by atoms with Crippen molar-refractivity contribution in [2.45, 2.75) is 24.8 Å². The zero-order chi connectivity index (χ0) is 14.0. The number of aliphatic hydroxyl groups is 1. The number of anilines is 1. The molecule has 0 aliphatic heterocycles. The highest BCUT2D eigenvalue weighted by molar-refractivity contribution is 5.93. The predicted molar refractivity (Wildman–Crippen MR) is 67.3 cm³/mol. The summed E-state index contributed by atoms with van der Waals surface area (Å²) in [6.07, 6.45) is 2.57. The van der Waals surface area contributed by atoms with E-state index in [-0.39, 0.29) is 12.2 Å². The maximum atomic E-state index is 10.9. The molecule has 1 aromatic rings. The number of aliphatic hydroxyl groups excluding tert-OH is 1. The van der Waals surface area contributed by atoms with Crippen molar-refractivity contribution in [3.05, 3.63) is 33.9 Å². The molecule has 3 N–H and O–H groups in total. The zero-order valence-electron chi connectivity index (χ0n) is 10.1. The molecule has 102 valence electrons. The minimum Gasteiger partial charge on any atom is -0.477 e. The number of nitrogens with one attached hydrogen (secondary N) is 1. The molecule has 0 amide bonds. The number of rotatable bonds is 5. The second-order valence-electron chi connectivity index (χ2n) is 4.71. The zero-order valence-corrected chi connectivity index (χ0v) is 10.1. The van der Waals surface area contributed by atoms with Crippen molar-refractivity contribution in [2.24, 2.45) is 0 Å². The third-order valence-corrected chi connectivity index (χ3v) is 3.45. The number of nitro benzene ring substituents is 1. The Morgan fingerprint density at radius 3 is 2.58 bits per heavy atom. The highest BCUT2D eigenvalue weighted by atomic mass is 16.6. The molecule has 1 saturated carbocycles. The van der Waals surface area contributed by atoms with E-state index in [9.17, 15) is 20.0 Å². The van der Waals surface area contributed by atoms with Crippen LogP contribution in [0.5, 0.6) is 0 Å². The van der Waals surface area contributed by atoms with Gasteiger partial charge < -0.3 is 15.5 Å². The largest absolute Gasteiger partial charge is 0.477 e. The number of hydrogen-bond donors (Lipinski definition) is 3. The summed E-state index contributed by atoms with van der Waals surface area (Å²) in [4.78, 5) is 21.0. The van der Waals surface area contributed by atoms with Gasteiger partial charge in [-0.1, -0.05) is 0 Å². The number of benzene rings is 1. The van der Waals surface area contributed by atoms with Gasteiger partial charge in [-0.3, -0.25) is 10.1 Å². The highest BCUT2D eigenvalue weighted by Gasteiger charge is 2.36. The van der Waals surface area contributed by atoms with E-state index in [1.54, 1.807) is 0 Å². The van der Waals surface area contributed by atoms with Gasteiger partial charge in [0.2, 0.25) is 0 Å². The standard InChI is InChI=1S/C12H14N2O5/c15-7-12(4-1-5-12)13-8-2-3-9(11(16)17)10(6-8)14(18)19/h2-3,6,13,15H,1,4-5,7H2,(H,16,17). The molecule has 1 aliphatic rings. The molecule has 0 aromatic heterocycles. The van der Waals surface area contributed by atoms with Gasteiger partial charge in [0.15, 0.2) is 0 Å². The van der Waals surface area contributed by atoms with Gasteiger partial charge in [-0.15, -0.1) is 0 Å². The SMILES string of the molecule is O=C(O)c1ccc(NC2(CO)CCC2)cc1[N+](=O)[O-]. The topological polar surface area (TPSA) is 113 Å². The van der Waals surface area contributed by atoms with Gasteiger partial charge in [-0.2, -0.15) is 0 Å². The summed E-state index contributed by atoms with van der Waals surface area (Å²) < 4.78 is 0. The molecule has 0 spiro atoms. The summed E-state index contributed by atoms with van der Waals surface area (Å²) in [6.45, 7) is -0.0541. The van der Waals surface area contributed by atoms with Crippen LogP contribution in [0.25, 0.3) is 0 Å². The molecular weight excluding hydrogens is 252 g/mol. The van der Waals surface area contributed by atoms with Crippen LogP contribution in [0, 0.1) is 10.1 Å². The molecule has 1 fully saturated rings. The van der Waals surface area contributed by atoms with Crippen LogP contribution in [-0.4, -0.2) is 33.3 Å². The van der Waals surface area contributed by atoms with Gasteiger partial charge in [-0.05, 0) is 31.4 Å². The van der Waals surface area contributed by atoms with Gasteiger partial charge in [0.1, 0.15) is 5.56 Å². The third kappa shape index (κ3) is 2.50. The van der Waals surface area contributed by atoms with Crippen LogP contribution >= 0.6 is 0 Å². The van der Waals surface area contributed by atoms with E-state index in [0.29, 0.717) is 5.69 Å². The molecule has 0 atom stereocenters. The van der Waals surface area contributed by atoms with Gasteiger partial charge in [0.25, 0.3) is 5.69 Å². The molecule has 1 aliphatic carbocycles. The minimum absolute atomic E-state index is 0.0541.